The fourth-order valence-corrected chi connectivity index (χ4v) is 6.35. The number of aliphatic hydroxyl groups excluding tert-OH is 6. The van der Waals surface area contributed by atoms with Crippen LogP contribution in [0.5, 0.6) is 11.5 Å². The minimum absolute atomic E-state index is 0. The molecule has 0 spiro atoms. The molecule has 0 aliphatic rings. The predicted octanol–water partition coefficient (Wildman–Crippen LogP) is -6.28. The van der Waals surface area contributed by atoms with E-state index in [4.69, 9.17) is 0 Å². The predicted molar refractivity (Wildman–Crippen MR) is 148 cm³/mol. The maximum atomic E-state index is 12.0. The van der Waals surface area contributed by atoms with E-state index in [0.717, 1.165) is 21.9 Å². The number of phenols is 2. The van der Waals surface area contributed by atoms with Gasteiger partial charge in [0, 0.05) is 41.3 Å². The summed E-state index contributed by atoms with van der Waals surface area (Å²) >= 11 is 0. The minimum Gasteiger partial charge on any atom is -0.778 e. The molecule has 21 heteroatoms. The van der Waals surface area contributed by atoms with Crippen molar-refractivity contribution < 1.29 is 116 Å². The molecular weight excluding hydrogens is 721 g/mol. The second-order valence-electron chi connectivity index (χ2n) is 9.64. The van der Waals surface area contributed by atoms with Crippen molar-refractivity contribution in [2.24, 2.45) is 0 Å². The first-order chi connectivity index (χ1) is 19.6. The second-order valence-corrected chi connectivity index (χ2v) is 12.8. The van der Waals surface area contributed by atoms with Gasteiger partial charge < -0.3 is 69.6 Å². The van der Waals surface area contributed by atoms with Crippen LogP contribution >= 0.6 is 15.2 Å². The molecule has 4 unspecified atom stereocenters. The van der Waals surface area contributed by atoms with Gasteiger partial charge in [0.25, 0.3) is 0 Å². The van der Waals surface area contributed by atoms with E-state index in [2.05, 4.69) is 0 Å². The molecule has 16 nitrogen and oxygen atoms in total. The number of hydrogen-bond donors (Lipinski definition) is 10. The van der Waals surface area contributed by atoms with Gasteiger partial charge in [-0.25, -0.2) is 0 Å². The average Bonchev–Trinajstić information content (AvgIpc) is 2.91. The Balaban J connectivity index is 0. The molecule has 4 atom stereocenters. The molecule has 2 aromatic rings. The van der Waals surface area contributed by atoms with Crippen LogP contribution in [0.1, 0.15) is 33.4 Å². The summed E-state index contributed by atoms with van der Waals surface area (Å²) in [5.41, 5.74) is 0.269. The first-order valence-corrected chi connectivity index (χ1v) is 16.0. The molecule has 0 radical (unpaired) electrons. The monoisotopic (exact) mass is 757 g/mol. The Labute approximate surface area is 322 Å². The molecule has 0 fully saturated rings. The maximum Gasteiger partial charge on any atom is 2.00 e. The molecule has 10 N–H and O–H groups in total. The van der Waals surface area contributed by atoms with E-state index >= 15 is 0 Å². The van der Waals surface area contributed by atoms with Crippen molar-refractivity contribution in [3.8, 4) is 11.5 Å². The van der Waals surface area contributed by atoms with E-state index in [1.165, 1.54) is 12.1 Å². The van der Waals surface area contributed by atoms with E-state index in [0.29, 0.717) is 0 Å². The number of hydrogen-bond acceptors (Lipinski definition) is 14. The largest absolute Gasteiger partial charge is 2.00 e. The molecule has 2 rings (SSSR count). The number of aliphatic hydroxyl groups is 6. The maximum absolute atomic E-state index is 12.0. The summed E-state index contributed by atoms with van der Waals surface area (Å²) in [6.45, 7) is -5.61. The molecule has 0 aromatic heterocycles. The standard InChI is InChI=1S/C24H38N2O14P2.Ca.Fe.Na/c27-7-15-3-17(9-29)18(24(34)4-15)5-25(13-41(35,36)37)21(11-31)22(12-32)26(14-42(38,39)40)6-19-20(10-30)16(8-28)1-2-23(19)33;;;/h1-4,21-22,27-34H,5-14H2,(H2,35,36,37)(H2,38,39,40);;;/q;+2;;+1/p-2. The number of aromatic hydroxyl groups is 2. The smallest absolute Gasteiger partial charge is 0.778 e. The quantitative estimate of drug-likeness (QED) is 0.0531. The Kier molecular flexibility index (Phi) is 23.2. The van der Waals surface area contributed by atoms with Gasteiger partial charge in [-0.3, -0.25) is 9.80 Å². The van der Waals surface area contributed by atoms with E-state index < -0.39 is 104 Å². The zero-order valence-corrected chi connectivity index (χ0v) is 31.6. The summed E-state index contributed by atoms with van der Waals surface area (Å²) in [5.74, 6) is -0.934. The van der Waals surface area contributed by atoms with E-state index in [-0.39, 0.29) is 118 Å². The molecule has 0 saturated heterocycles. The summed E-state index contributed by atoms with van der Waals surface area (Å²) < 4.78 is 24.0. The molecule has 2 aromatic carbocycles. The third kappa shape index (κ3) is 14.3. The summed E-state index contributed by atoms with van der Waals surface area (Å²) in [7, 11) is -10.4. The number of rotatable bonds is 17. The van der Waals surface area contributed by atoms with Gasteiger partial charge in [-0.05, 0) is 34.4 Å². The van der Waals surface area contributed by atoms with E-state index in [9.17, 15) is 69.6 Å². The van der Waals surface area contributed by atoms with Gasteiger partial charge in [0.1, 0.15) is 26.7 Å². The van der Waals surface area contributed by atoms with Gasteiger partial charge in [-0.1, -0.05) is 12.1 Å². The zero-order valence-electron chi connectivity index (χ0n) is 24.5. The Hall–Kier alpha value is 0.799. The molecule has 246 valence electrons. The van der Waals surface area contributed by atoms with Crippen LogP contribution in [0.4, 0.5) is 0 Å². The second kappa shape index (κ2) is 21.8. The zero-order chi connectivity index (χ0) is 31.8. The summed E-state index contributed by atoms with van der Waals surface area (Å²) in [5, 5.41) is 80.6. The van der Waals surface area contributed by atoms with E-state index in [1.807, 2.05) is 0 Å². The summed E-state index contributed by atoms with van der Waals surface area (Å²) in [4.78, 5) is 45.2. The fraction of sp³-hybridized carbons (Fsp3) is 0.500. The SMILES string of the molecule is O=P([O-])(O)CN(Cc1c(O)cc(CO)cc1CO)C(CO)C(CO)N(Cc1c(O)ccc(CO)c1CO)CP(=O)([O-])O.[Ca+2].[Fe].[Na+]. The molecule has 0 heterocycles. The molecule has 0 aliphatic carbocycles. The van der Waals surface area contributed by atoms with Gasteiger partial charge in [0.05, 0.1) is 64.3 Å². The van der Waals surface area contributed by atoms with Gasteiger partial charge in [0.15, 0.2) is 0 Å². The summed E-state index contributed by atoms with van der Waals surface area (Å²) in [6, 6.07) is 1.84. The van der Waals surface area contributed by atoms with Crippen LogP contribution < -0.4 is 39.3 Å². The van der Waals surface area contributed by atoms with Crippen molar-refractivity contribution in [3.05, 3.63) is 57.6 Å². The van der Waals surface area contributed by atoms with Crippen LogP contribution in [-0.2, 0) is 65.7 Å². The van der Waals surface area contributed by atoms with Crippen LogP contribution in [0.15, 0.2) is 24.3 Å². The molecule has 0 bridgehead atoms. The van der Waals surface area contributed by atoms with Crippen LogP contribution in [0, 0.1) is 0 Å². The molecule has 0 aliphatic heterocycles. The molecule has 0 amide bonds. The number of nitrogens with zero attached hydrogens (tertiary/aromatic N) is 2. The summed E-state index contributed by atoms with van der Waals surface area (Å²) in [6.07, 6.45) is -2.38. The van der Waals surface area contributed by atoms with Gasteiger partial charge in [0.2, 0.25) is 0 Å². The van der Waals surface area contributed by atoms with Crippen LogP contribution in [-0.4, -0.2) is 136 Å². The Morgan fingerprint density at radius 1 is 0.667 bits per heavy atom. The number of phenolic OH excluding ortho intramolecular Hbond substituents is 2. The fourth-order valence-electron chi connectivity index (χ4n) is 4.82. The van der Waals surface area contributed by atoms with Crippen molar-refractivity contribution in [3.63, 3.8) is 0 Å². The van der Waals surface area contributed by atoms with Crippen molar-refractivity contribution in [1.82, 2.24) is 9.80 Å². The molecular formula is C24H36CaFeN2NaO14P2+. The van der Waals surface area contributed by atoms with Crippen molar-refractivity contribution in [2.75, 3.05) is 25.8 Å². The van der Waals surface area contributed by atoms with Gasteiger partial charge in [-0.15, -0.1) is 0 Å². The third-order valence-corrected chi connectivity index (χ3v) is 8.20. The Bertz CT molecular complexity index is 1300. The van der Waals surface area contributed by atoms with Crippen LogP contribution in [0.2, 0.25) is 0 Å². The Morgan fingerprint density at radius 2 is 1.13 bits per heavy atom. The van der Waals surface area contributed by atoms with Crippen LogP contribution in [0.25, 0.3) is 0 Å². The van der Waals surface area contributed by atoms with Crippen molar-refractivity contribution in [1.29, 1.82) is 0 Å². The average molecular weight is 757 g/mol. The first kappa shape index (κ1) is 47.9. The van der Waals surface area contributed by atoms with Crippen molar-refractivity contribution in [2.45, 2.75) is 51.6 Å². The van der Waals surface area contributed by atoms with Crippen LogP contribution in [0.3, 0.4) is 0 Å². The Morgan fingerprint density at radius 3 is 1.51 bits per heavy atom. The minimum atomic E-state index is -5.19. The van der Waals surface area contributed by atoms with Gasteiger partial charge in [-0.2, -0.15) is 0 Å². The first-order valence-electron chi connectivity index (χ1n) is 12.5. The van der Waals surface area contributed by atoms with E-state index in [1.54, 1.807) is 0 Å². The molecule has 0 saturated carbocycles. The third-order valence-electron chi connectivity index (χ3n) is 6.76. The molecule has 45 heavy (non-hydrogen) atoms. The topological polar surface area (TPSA) is 289 Å². The van der Waals surface area contributed by atoms with Crippen molar-refractivity contribution >= 4 is 52.9 Å². The normalized spacial score (nSPS) is 15.3. The number of benzene rings is 2. The van der Waals surface area contributed by atoms with Gasteiger partial charge >= 0.3 is 67.3 Å².